The highest BCUT2D eigenvalue weighted by Crippen LogP contribution is 2.34. The van der Waals surface area contributed by atoms with Crippen LogP contribution in [0.25, 0.3) is 11.5 Å². The maximum atomic E-state index is 12.6. The van der Waals surface area contributed by atoms with Gasteiger partial charge in [0.1, 0.15) is 5.76 Å². The fourth-order valence-electron chi connectivity index (χ4n) is 1.36. The molecule has 0 fully saturated rings. The summed E-state index contributed by atoms with van der Waals surface area (Å²) in [4.78, 5) is 3.86. The molecule has 17 heavy (non-hydrogen) atoms. The van der Waals surface area contributed by atoms with Gasteiger partial charge in [-0.05, 0) is 25.1 Å². The first-order valence-electron chi connectivity index (χ1n) is 4.67. The molecule has 2 rings (SSSR count). The van der Waals surface area contributed by atoms with Gasteiger partial charge in [-0.3, -0.25) is 0 Å². The van der Waals surface area contributed by atoms with Crippen molar-refractivity contribution < 1.29 is 17.6 Å². The van der Waals surface area contributed by atoms with Crippen LogP contribution in [0.1, 0.15) is 11.3 Å². The Bertz CT molecular complexity index is 548. The first kappa shape index (κ1) is 12.0. The molecule has 0 radical (unpaired) electrons. The van der Waals surface area contributed by atoms with Crippen molar-refractivity contribution in [1.82, 2.24) is 4.98 Å². The molecule has 0 N–H and O–H groups in total. The van der Waals surface area contributed by atoms with Gasteiger partial charge in [-0.2, -0.15) is 13.2 Å². The molecule has 0 aliphatic rings. The van der Waals surface area contributed by atoms with E-state index in [2.05, 4.69) is 4.98 Å². The maximum absolute atomic E-state index is 12.6. The summed E-state index contributed by atoms with van der Waals surface area (Å²) in [6.45, 7) is 1.66. The van der Waals surface area contributed by atoms with Crippen molar-refractivity contribution in [2.45, 2.75) is 13.1 Å². The van der Waals surface area contributed by atoms with Crippen LogP contribution in [0.2, 0.25) is 5.02 Å². The predicted molar refractivity (Wildman–Crippen MR) is 56.7 cm³/mol. The largest absolute Gasteiger partial charge is 0.441 e. The number of rotatable bonds is 1. The summed E-state index contributed by atoms with van der Waals surface area (Å²) in [5.74, 6) is 0.643. The normalized spacial score (nSPS) is 11.8. The number of aryl methyl sites for hydroxylation is 1. The van der Waals surface area contributed by atoms with E-state index in [0.29, 0.717) is 5.76 Å². The van der Waals surface area contributed by atoms with Gasteiger partial charge in [-0.25, -0.2) is 4.98 Å². The summed E-state index contributed by atoms with van der Waals surface area (Å²) in [6, 6.07) is 3.19. The molecule has 0 unspecified atom stereocenters. The van der Waals surface area contributed by atoms with E-state index in [1.165, 1.54) is 12.3 Å². The summed E-state index contributed by atoms with van der Waals surface area (Å²) < 4.78 is 42.8. The first-order valence-corrected chi connectivity index (χ1v) is 5.04. The molecule has 1 aromatic carbocycles. The molecule has 0 spiro atoms. The number of halogens is 4. The molecule has 2 aromatic rings. The maximum Gasteiger partial charge on any atom is 0.416 e. The van der Waals surface area contributed by atoms with Gasteiger partial charge in [-0.1, -0.05) is 11.6 Å². The summed E-state index contributed by atoms with van der Waals surface area (Å²) in [7, 11) is 0. The van der Waals surface area contributed by atoms with E-state index in [0.717, 1.165) is 12.1 Å². The second-order valence-corrected chi connectivity index (χ2v) is 3.94. The molecular formula is C11H7ClF3NO. The highest BCUT2D eigenvalue weighted by atomic mass is 35.5. The minimum absolute atomic E-state index is 0.00863. The van der Waals surface area contributed by atoms with Crippen molar-refractivity contribution in [3.8, 4) is 11.5 Å². The van der Waals surface area contributed by atoms with Crippen LogP contribution in [-0.2, 0) is 6.18 Å². The molecule has 0 amide bonds. The Morgan fingerprint density at radius 2 is 1.94 bits per heavy atom. The Balaban J connectivity index is 2.52. The zero-order valence-corrected chi connectivity index (χ0v) is 9.43. The van der Waals surface area contributed by atoms with Gasteiger partial charge in [0.25, 0.3) is 0 Å². The summed E-state index contributed by atoms with van der Waals surface area (Å²) in [6.07, 6.45) is -3.01. The lowest BCUT2D eigenvalue weighted by molar-refractivity contribution is -0.137. The lowest BCUT2D eigenvalue weighted by atomic mass is 10.1. The Kier molecular flexibility index (Phi) is 2.87. The quantitative estimate of drug-likeness (QED) is 0.764. The Morgan fingerprint density at radius 3 is 2.47 bits per heavy atom. The molecule has 90 valence electrons. The van der Waals surface area contributed by atoms with E-state index in [1.807, 2.05) is 0 Å². The van der Waals surface area contributed by atoms with Crippen LogP contribution >= 0.6 is 11.6 Å². The molecule has 0 aliphatic carbocycles. The topological polar surface area (TPSA) is 26.0 Å². The Labute approximate surface area is 100 Å². The number of aromatic nitrogens is 1. The number of hydrogen-bond acceptors (Lipinski definition) is 2. The van der Waals surface area contributed by atoms with Gasteiger partial charge in [0.15, 0.2) is 0 Å². The Hall–Kier alpha value is -1.49. The van der Waals surface area contributed by atoms with Crippen molar-refractivity contribution in [3.63, 3.8) is 0 Å². The average molecular weight is 262 g/mol. The fraction of sp³-hybridized carbons (Fsp3) is 0.182. The van der Waals surface area contributed by atoms with Crippen LogP contribution < -0.4 is 0 Å². The molecule has 6 heteroatoms. The van der Waals surface area contributed by atoms with E-state index in [-0.39, 0.29) is 16.5 Å². The highest BCUT2D eigenvalue weighted by molar-refractivity contribution is 6.30. The SMILES string of the molecule is Cc1cnc(-c2cc(Cl)cc(C(F)(F)F)c2)o1. The average Bonchev–Trinajstić information content (AvgIpc) is 2.62. The molecule has 0 atom stereocenters. The zero-order valence-electron chi connectivity index (χ0n) is 8.68. The van der Waals surface area contributed by atoms with E-state index in [4.69, 9.17) is 16.0 Å². The van der Waals surface area contributed by atoms with E-state index < -0.39 is 11.7 Å². The minimum Gasteiger partial charge on any atom is -0.441 e. The lowest BCUT2D eigenvalue weighted by Gasteiger charge is -2.08. The molecule has 1 aromatic heterocycles. The molecule has 0 saturated carbocycles. The van der Waals surface area contributed by atoms with Crippen molar-refractivity contribution in [2.75, 3.05) is 0 Å². The standard InChI is InChI=1S/C11H7ClF3NO/c1-6-5-16-10(17-6)7-2-8(11(13,14)15)4-9(12)3-7/h2-5H,1H3. The zero-order chi connectivity index (χ0) is 12.6. The van der Waals surface area contributed by atoms with Crippen LogP contribution in [0, 0.1) is 6.92 Å². The summed E-state index contributed by atoms with van der Waals surface area (Å²) in [5.41, 5.74) is -0.617. The number of hydrogen-bond donors (Lipinski definition) is 0. The molecule has 0 aliphatic heterocycles. The van der Waals surface area contributed by atoms with Gasteiger partial charge in [0.2, 0.25) is 5.89 Å². The number of nitrogens with zero attached hydrogens (tertiary/aromatic N) is 1. The molecular weight excluding hydrogens is 255 g/mol. The van der Waals surface area contributed by atoms with Gasteiger partial charge < -0.3 is 4.42 Å². The summed E-state index contributed by atoms with van der Waals surface area (Å²) in [5, 5.41) is -0.00863. The van der Waals surface area contributed by atoms with Crippen LogP contribution in [0.15, 0.2) is 28.8 Å². The second kappa shape index (κ2) is 4.07. The fourth-order valence-corrected chi connectivity index (χ4v) is 1.60. The minimum atomic E-state index is -4.44. The van der Waals surface area contributed by atoms with E-state index >= 15 is 0 Å². The third-order valence-electron chi connectivity index (χ3n) is 2.09. The lowest BCUT2D eigenvalue weighted by Crippen LogP contribution is -2.04. The molecule has 0 saturated heterocycles. The van der Waals surface area contributed by atoms with Gasteiger partial charge in [0.05, 0.1) is 11.8 Å². The predicted octanol–water partition coefficient (Wildman–Crippen LogP) is 4.32. The summed E-state index contributed by atoms with van der Waals surface area (Å²) >= 11 is 5.64. The monoisotopic (exact) mass is 261 g/mol. The number of oxazole rings is 1. The molecule has 0 bridgehead atoms. The first-order chi connectivity index (χ1) is 7.86. The van der Waals surface area contributed by atoms with Gasteiger partial charge >= 0.3 is 6.18 Å². The third kappa shape index (κ3) is 2.61. The Morgan fingerprint density at radius 1 is 1.24 bits per heavy atom. The molecule has 1 heterocycles. The van der Waals surface area contributed by atoms with E-state index in [9.17, 15) is 13.2 Å². The van der Waals surface area contributed by atoms with Gasteiger partial charge in [-0.15, -0.1) is 0 Å². The number of benzene rings is 1. The highest BCUT2D eigenvalue weighted by Gasteiger charge is 2.31. The van der Waals surface area contributed by atoms with E-state index in [1.54, 1.807) is 6.92 Å². The second-order valence-electron chi connectivity index (χ2n) is 3.50. The van der Waals surface area contributed by atoms with Crippen molar-refractivity contribution in [2.24, 2.45) is 0 Å². The van der Waals surface area contributed by atoms with Crippen LogP contribution in [0.4, 0.5) is 13.2 Å². The van der Waals surface area contributed by atoms with Crippen molar-refractivity contribution in [3.05, 3.63) is 40.7 Å². The van der Waals surface area contributed by atoms with Crippen molar-refractivity contribution in [1.29, 1.82) is 0 Å². The van der Waals surface area contributed by atoms with Crippen LogP contribution in [-0.4, -0.2) is 4.98 Å². The number of alkyl halides is 3. The van der Waals surface area contributed by atoms with Crippen molar-refractivity contribution >= 4 is 11.6 Å². The van der Waals surface area contributed by atoms with Gasteiger partial charge in [0, 0.05) is 10.6 Å². The third-order valence-corrected chi connectivity index (χ3v) is 2.31. The molecule has 2 nitrogen and oxygen atoms in total. The van der Waals surface area contributed by atoms with Crippen LogP contribution in [0.3, 0.4) is 0 Å². The smallest absolute Gasteiger partial charge is 0.416 e. The van der Waals surface area contributed by atoms with Crippen LogP contribution in [0.5, 0.6) is 0 Å².